The Morgan fingerprint density at radius 3 is 2.47 bits per heavy atom. The molecule has 3 atom stereocenters. The Bertz CT molecular complexity index is 1460. The van der Waals surface area contributed by atoms with Gasteiger partial charge in [-0.2, -0.15) is 0 Å². The molecule has 3 N–H and O–H groups in total. The van der Waals surface area contributed by atoms with Crippen molar-refractivity contribution < 1.29 is 29.0 Å². The molecule has 1 amide bonds. The number of aromatic nitrogens is 2. The van der Waals surface area contributed by atoms with Gasteiger partial charge in [-0.3, -0.25) is 14.4 Å². The minimum absolute atomic E-state index is 0.0371. The second-order valence-corrected chi connectivity index (χ2v) is 11.9. The third-order valence-electron chi connectivity index (χ3n) is 7.07. The highest BCUT2D eigenvalue weighted by atomic mass is 35.5. The van der Waals surface area contributed by atoms with Crippen molar-refractivity contribution in [3.05, 3.63) is 64.4 Å². The van der Waals surface area contributed by atoms with Crippen molar-refractivity contribution in [1.29, 1.82) is 0 Å². The Hall–Kier alpha value is -3.38. The molecule has 43 heavy (non-hydrogen) atoms. The standard InChI is InChI=1S/C30H32Cl2N4O6S/c1-41-26-6-4-19(10-27(26)42-2)20-14-34-30(35-15-20)43-16-28(38)36-24(25(37)12-29(39)40)11-21-8-18(13-33-21)7-17-3-5-22(31)23(32)9-17/h3-6,9-10,14-15,18,21,24,33H,7-8,11-13,16H2,1-2H3,(H,36,38)(H,39,40)/t18-,21+,24?/m1/s1. The second-order valence-electron chi connectivity index (χ2n) is 10.2. The van der Waals surface area contributed by atoms with E-state index in [4.69, 9.17) is 32.7 Å². The molecule has 1 aliphatic heterocycles. The summed E-state index contributed by atoms with van der Waals surface area (Å²) < 4.78 is 10.6. The molecule has 1 aliphatic rings. The number of rotatable bonds is 14. The van der Waals surface area contributed by atoms with Crippen molar-refractivity contribution in [2.24, 2.45) is 5.92 Å². The molecule has 1 saturated heterocycles. The zero-order valence-corrected chi connectivity index (χ0v) is 26.0. The molecule has 3 aromatic rings. The van der Waals surface area contributed by atoms with Crippen LogP contribution in [0, 0.1) is 5.92 Å². The first-order valence-corrected chi connectivity index (χ1v) is 15.3. The van der Waals surface area contributed by atoms with E-state index in [2.05, 4.69) is 20.6 Å². The number of thioether (sulfide) groups is 1. The fourth-order valence-electron chi connectivity index (χ4n) is 4.99. The summed E-state index contributed by atoms with van der Waals surface area (Å²) in [5, 5.41) is 16.7. The minimum atomic E-state index is -1.24. The molecular formula is C30H32Cl2N4O6S. The number of carboxylic acid groups (broad SMARTS) is 1. The fraction of sp³-hybridized carbons (Fsp3) is 0.367. The lowest BCUT2D eigenvalue weighted by Crippen LogP contribution is -2.45. The molecule has 0 aliphatic carbocycles. The van der Waals surface area contributed by atoms with Crippen LogP contribution >= 0.6 is 35.0 Å². The zero-order chi connectivity index (χ0) is 30.9. The number of carbonyl (C=O) groups excluding carboxylic acids is 2. The molecule has 1 fully saturated rings. The van der Waals surface area contributed by atoms with Crippen molar-refractivity contribution in [2.75, 3.05) is 26.5 Å². The number of carboxylic acids is 1. The number of nitrogens with one attached hydrogen (secondary N) is 2. The van der Waals surface area contributed by atoms with Gasteiger partial charge in [0.05, 0.1) is 36.1 Å². The second kappa shape index (κ2) is 15.4. The summed E-state index contributed by atoms with van der Waals surface area (Å²) in [6.45, 7) is 0.727. The largest absolute Gasteiger partial charge is 0.493 e. The number of hydrogen-bond acceptors (Lipinski definition) is 9. The Morgan fingerprint density at radius 2 is 1.79 bits per heavy atom. The van der Waals surface area contributed by atoms with E-state index in [0.29, 0.717) is 32.6 Å². The topological polar surface area (TPSA) is 140 Å². The van der Waals surface area contributed by atoms with Gasteiger partial charge in [-0.15, -0.1) is 0 Å². The van der Waals surface area contributed by atoms with Crippen molar-refractivity contribution in [3.63, 3.8) is 0 Å². The Morgan fingerprint density at radius 1 is 1.05 bits per heavy atom. The van der Waals surface area contributed by atoms with Gasteiger partial charge in [-0.1, -0.05) is 47.1 Å². The van der Waals surface area contributed by atoms with Crippen molar-refractivity contribution in [3.8, 4) is 22.6 Å². The first-order chi connectivity index (χ1) is 20.6. The molecular weight excluding hydrogens is 615 g/mol. The van der Waals surface area contributed by atoms with Gasteiger partial charge >= 0.3 is 5.97 Å². The van der Waals surface area contributed by atoms with E-state index in [1.54, 1.807) is 38.7 Å². The quantitative estimate of drug-likeness (QED) is 0.128. The first-order valence-electron chi connectivity index (χ1n) is 13.5. The summed E-state index contributed by atoms with van der Waals surface area (Å²) in [5.74, 6) is -0.747. The summed E-state index contributed by atoms with van der Waals surface area (Å²) in [7, 11) is 3.12. The monoisotopic (exact) mass is 646 g/mol. The Labute approximate surface area is 263 Å². The number of nitrogens with zero attached hydrogens (tertiary/aromatic N) is 2. The lowest BCUT2D eigenvalue weighted by Gasteiger charge is -2.21. The maximum Gasteiger partial charge on any atom is 0.310 e. The van der Waals surface area contributed by atoms with Gasteiger partial charge in [-0.05, 0) is 67.1 Å². The number of carbonyl (C=O) groups is 3. The zero-order valence-electron chi connectivity index (χ0n) is 23.6. The molecule has 1 unspecified atom stereocenters. The predicted octanol–water partition coefficient (Wildman–Crippen LogP) is 4.70. The number of benzene rings is 2. The van der Waals surface area contributed by atoms with Crippen LogP contribution in [-0.4, -0.2) is 71.3 Å². The molecule has 13 heteroatoms. The van der Waals surface area contributed by atoms with E-state index >= 15 is 0 Å². The normalized spacial score (nSPS) is 16.8. The minimum Gasteiger partial charge on any atom is -0.493 e. The summed E-state index contributed by atoms with van der Waals surface area (Å²) in [5.41, 5.74) is 2.66. The van der Waals surface area contributed by atoms with E-state index in [0.717, 1.165) is 47.8 Å². The lowest BCUT2D eigenvalue weighted by atomic mass is 9.93. The number of amides is 1. The lowest BCUT2D eigenvalue weighted by molar-refractivity contribution is -0.141. The summed E-state index contributed by atoms with van der Waals surface area (Å²) in [4.78, 5) is 45.5. The maximum absolute atomic E-state index is 12.8. The number of methoxy groups -OCH3 is 2. The van der Waals surface area contributed by atoms with E-state index in [1.807, 2.05) is 24.3 Å². The third-order valence-corrected chi connectivity index (χ3v) is 8.68. The highest BCUT2D eigenvalue weighted by molar-refractivity contribution is 7.99. The average molecular weight is 648 g/mol. The molecule has 228 valence electrons. The molecule has 0 saturated carbocycles. The molecule has 0 bridgehead atoms. The molecule has 0 spiro atoms. The molecule has 1 aromatic heterocycles. The van der Waals surface area contributed by atoms with Gasteiger partial charge in [-0.25, -0.2) is 9.97 Å². The van der Waals surface area contributed by atoms with Gasteiger partial charge in [0.15, 0.2) is 22.4 Å². The summed E-state index contributed by atoms with van der Waals surface area (Å²) in [6, 6.07) is 10.0. The van der Waals surface area contributed by atoms with Crippen molar-refractivity contribution >= 4 is 52.6 Å². The first kappa shape index (κ1) is 32.5. The number of halogens is 2. The highest BCUT2D eigenvalue weighted by Crippen LogP contribution is 2.32. The molecule has 2 heterocycles. The van der Waals surface area contributed by atoms with Crippen LogP contribution in [0.5, 0.6) is 11.5 Å². The van der Waals surface area contributed by atoms with E-state index < -0.39 is 30.1 Å². The Kier molecular flexibility index (Phi) is 11.6. The summed E-state index contributed by atoms with van der Waals surface area (Å²) in [6.07, 6.45) is 4.46. The highest BCUT2D eigenvalue weighted by Gasteiger charge is 2.31. The number of Topliss-reactive ketones (excluding diaryl/α,β-unsaturated/α-hetero) is 1. The number of aliphatic carboxylic acids is 1. The van der Waals surface area contributed by atoms with Crippen LogP contribution in [0.2, 0.25) is 10.0 Å². The van der Waals surface area contributed by atoms with Crippen LogP contribution in [0.25, 0.3) is 11.1 Å². The van der Waals surface area contributed by atoms with Crippen LogP contribution in [0.3, 0.4) is 0 Å². The van der Waals surface area contributed by atoms with Crippen LogP contribution in [0.15, 0.2) is 53.9 Å². The molecule has 0 radical (unpaired) electrons. The third kappa shape index (κ3) is 9.30. The summed E-state index contributed by atoms with van der Waals surface area (Å²) >= 11 is 13.3. The number of ether oxygens (including phenoxy) is 2. The van der Waals surface area contributed by atoms with Gasteiger partial charge in [0.25, 0.3) is 0 Å². The maximum atomic E-state index is 12.8. The van der Waals surface area contributed by atoms with Gasteiger partial charge < -0.3 is 25.2 Å². The predicted molar refractivity (Wildman–Crippen MR) is 165 cm³/mol. The molecule has 2 aromatic carbocycles. The van der Waals surface area contributed by atoms with Crippen molar-refractivity contribution in [1.82, 2.24) is 20.6 Å². The van der Waals surface area contributed by atoms with E-state index in [9.17, 15) is 19.5 Å². The fourth-order valence-corrected chi connectivity index (χ4v) is 5.91. The number of ketones is 1. The average Bonchev–Trinajstić information content (AvgIpc) is 3.43. The van der Waals surface area contributed by atoms with Gasteiger partial charge in [0.2, 0.25) is 5.91 Å². The van der Waals surface area contributed by atoms with Crippen LogP contribution in [0.4, 0.5) is 0 Å². The van der Waals surface area contributed by atoms with Gasteiger partial charge in [0, 0.05) is 24.0 Å². The van der Waals surface area contributed by atoms with Crippen molar-refractivity contribution in [2.45, 2.75) is 42.9 Å². The van der Waals surface area contributed by atoms with E-state index in [-0.39, 0.29) is 18.2 Å². The molecule has 4 rings (SSSR count). The Balaban J connectivity index is 1.32. The van der Waals surface area contributed by atoms with Crippen LogP contribution in [-0.2, 0) is 20.8 Å². The molecule has 10 nitrogen and oxygen atoms in total. The number of hydrogen-bond donors (Lipinski definition) is 3. The SMILES string of the molecule is COc1ccc(-c2cnc(SCC(=O)NC(C[C@@H]3C[C@@H](Cc4ccc(Cl)c(Cl)c4)CN3)C(=O)CC(=O)O)nc2)cc1OC. The smallest absolute Gasteiger partial charge is 0.310 e. The van der Waals surface area contributed by atoms with Crippen LogP contribution in [0.1, 0.15) is 24.8 Å². The van der Waals surface area contributed by atoms with Crippen LogP contribution < -0.4 is 20.1 Å². The van der Waals surface area contributed by atoms with Gasteiger partial charge in [0.1, 0.15) is 6.42 Å². The van der Waals surface area contributed by atoms with E-state index in [1.165, 1.54) is 0 Å².